The van der Waals surface area contributed by atoms with Crippen LogP contribution >= 0.6 is 0 Å². The number of hydrogen-bond donors (Lipinski definition) is 2. The van der Waals surface area contributed by atoms with Crippen LogP contribution in [0.25, 0.3) is 0 Å². The highest BCUT2D eigenvalue weighted by Gasteiger charge is 2.36. The molecule has 1 heterocycles. The monoisotopic (exact) mass is 405 g/mol. The van der Waals surface area contributed by atoms with Crippen molar-refractivity contribution in [3.63, 3.8) is 0 Å². The zero-order valence-electron chi connectivity index (χ0n) is 16.9. The number of nitrogens with one attached hydrogen (secondary N) is 2. The third kappa shape index (κ3) is 4.63. The highest BCUT2D eigenvalue weighted by Crippen LogP contribution is 2.32. The minimum absolute atomic E-state index is 0.132. The van der Waals surface area contributed by atoms with Gasteiger partial charge in [-0.1, -0.05) is 25.1 Å². The van der Waals surface area contributed by atoms with Crippen LogP contribution in [0.5, 0.6) is 0 Å². The quantitative estimate of drug-likeness (QED) is 0.543. The maximum absolute atomic E-state index is 12.5. The fraction of sp³-hybridized carbons (Fsp3) is 0.217. The normalized spacial score (nSPS) is 12.9. The Kier molecular flexibility index (Phi) is 6.41. The lowest BCUT2D eigenvalue weighted by atomic mass is 10.1. The highest BCUT2D eigenvalue weighted by molar-refractivity contribution is 6.52. The third-order valence-corrected chi connectivity index (χ3v) is 4.61. The fourth-order valence-corrected chi connectivity index (χ4v) is 3.20. The molecule has 2 N–H and O–H groups in total. The molecule has 0 saturated carbocycles. The first-order valence-corrected chi connectivity index (χ1v) is 9.75. The second-order valence-corrected chi connectivity index (χ2v) is 6.94. The second kappa shape index (κ2) is 9.17. The van der Waals surface area contributed by atoms with E-state index in [0.29, 0.717) is 23.5 Å². The van der Waals surface area contributed by atoms with Gasteiger partial charge in [0.2, 0.25) is 11.8 Å². The van der Waals surface area contributed by atoms with Crippen molar-refractivity contribution in [2.75, 3.05) is 15.5 Å². The van der Waals surface area contributed by atoms with E-state index in [-0.39, 0.29) is 23.9 Å². The van der Waals surface area contributed by atoms with Crippen molar-refractivity contribution >= 4 is 40.6 Å². The maximum atomic E-state index is 12.5. The number of carbonyl (C=O) groups is 4. The molecule has 3 amide bonds. The summed E-state index contributed by atoms with van der Waals surface area (Å²) < 4.78 is 0. The summed E-state index contributed by atoms with van der Waals surface area (Å²) in [7, 11) is 0. The van der Waals surface area contributed by atoms with Crippen LogP contribution in [0.2, 0.25) is 0 Å². The molecule has 0 aliphatic carbocycles. The number of benzene rings is 2. The lowest BCUT2D eigenvalue weighted by Crippen LogP contribution is -2.29. The van der Waals surface area contributed by atoms with Crippen molar-refractivity contribution in [2.45, 2.75) is 33.2 Å². The number of amides is 3. The number of rotatable bonds is 7. The minimum atomic E-state index is -0.604. The maximum Gasteiger partial charge on any atom is 0.299 e. The van der Waals surface area contributed by atoms with Gasteiger partial charge in [0.1, 0.15) is 0 Å². The average Bonchev–Trinajstić information content (AvgIpc) is 2.94. The van der Waals surface area contributed by atoms with Gasteiger partial charge < -0.3 is 15.5 Å². The van der Waals surface area contributed by atoms with E-state index in [9.17, 15) is 19.2 Å². The number of nitrogens with zero attached hydrogens (tertiary/aromatic N) is 1. The predicted octanol–water partition coefficient (Wildman–Crippen LogP) is 3.67. The molecule has 0 fully saturated rings. The van der Waals surface area contributed by atoms with Crippen molar-refractivity contribution in [3.8, 4) is 0 Å². The molecule has 3 rings (SSSR count). The van der Waals surface area contributed by atoms with Gasteiger partial charge in [-0.3, -0.25) is 19.2 Å². The highest BCUT2D eigenvalue weighted by atomic mass is 16.2. The van der Waals surface area contributed by atoms with Crippen LogP contribution in [-0.2, 0) is 20.9 Å². The van der Waals surface area contributed by atoms with Crippen molar-refractivity contribution in [1.82, 2.24) is 0 Å². The SMILES string of the molecule is C/C=C/C(=O)Nc1ccc(CN2C(=O)C(=O)c3cc(NC(=O)CCC)ccc32)cc1. The van der Waals surface area contributed by atoms with E-state index in [0.717, 1.165) is 12.0 Å². The second-order valence-electron chi connectivity index (χ2n) is 6.94. The van der Waals surface area contributed by atoms with Gasteiger partial charge in [0, 0.05) is 17.8 Å². The zero-order chi connectivity index (χ0) is 21.7. The number of Topliss-reactive ketones (excluding diaryl/α,β-unsaturated/α-hetero) is 1. The predicted molar refractivity (Wildman–Crippen MR) is 115 cm³/mol. The summed E-state index contributed by atoms with van der Waals surface area (Å²) in [4.78, 5) is 49.8. The third-order valence-electron chi connectivity index (χ3n) is 4.61. The Labute approximate surface area is 174 Å². The molecule has 0 saturated heterocycles. The number of fused-ring (bicyclic) bond motifs is 1. The first-order chi connectivity index (χ1) is 14.4. The standard InChI is InChI=1S/C23H23N3O4/c1-3-5-20(27)24-16-9-7-15(8-10-16)14-26-19-12-11-17(25-21(28)6-4-2)13-18(19)22(29)23(26)30/h3,5,7-13H,4,6,14H2,1-2H3,(H,24,27)(H,25,28)/b5-3+. The van der Waals surface area contributed by atoms with Crippen LogP contribution in [0.15, 0.2) is 54.6 Å². The fourth-order valence-electron chi connectivity index (χ4n) is 3.20. The number of carbonyl (C=O) groups excluding carboxylic acids is 4. The molecule has 0 aromatic heterocycles. The molecule has 0 radical (unpaired) electrons. The molecule has 7 nitrogen and oxygen atoms in total. The molecule has 0 spiro atoms. The van der Waals surface area contributed by atoms with Gasteiger partial charge >= 0.3 is 0 Å². The van der Waals surface area contributed by atoms with E-state index in [1.54, 1.807) is 55.5 Å². The molecule has 1 aliphatic heterocycles. The van der Waals surface area contributed by atoms with E-state index >= 15 is 0 Å². The molecule has 1 aliphatic rings. The van der Waals surface area contributed by atoms with Gasteiger partial charge in [-0.15, -0.1) is 0 Å². The van der Waals surface area contributed by atoms with Crippen molar-refractivity contribution in [2.24, 2.45) is 0 Å². The first-order valence-electron chi connectivity index (χ1n) is 9.75. The topological polar surface area (TPSA) is 95.6 Å². The smallest absolute Gasteiger partial charge is 0.299 e. The molecule has 0 bridgehead atoms. The van der Waals surface area contributed by atoms with Gasteiger partial charge in [-0.25, -0.2) is 0 Å². The van der Waals surface area contributed by atoms with Gasteiger partial charge in [-0.2, -0.15) is 0 Å². The van der Waals surface area contributed by atoms with E-state index in [1.807, 2.05) is 6.92 Å². The number of hydrogen-bond acceptors (Lipinski definition) is 4. The summed E-state index contributed by atoms with van der Waals surface area (Å²) in [5.74, 6) is -1.55. The Morgan fingerprint density at radius 1 is 1.00 bits per heavy atom. The van der Waals surface area contributed by atoms with Crippen LogP contribution in [-0.4, -0.2) is 23.5 Å². The Bertz CT molecular complexity index is 1030. The Morgan fingerprint density at radius 3 is 2.37 bits per heavy atom. The minimum Gasteiger partial charge on any atom is -0.326 e. The van der Waals surface area contributed by atoms with Crippen LogP contribution in [0.4, 0.5) is 17.1 Å². The number of ketones is 1. The largest absolute Gasteiger partial charge is 0.326 e. The van der Waals surface area contributed by atoms with Crippen LogP contribution < -0.4 is 15.5 Å². The van der Waals surface area contributed by atoms with Crippen molar-refractivity contribution < 1.29 is 19.2 Å². The van der Waals surface area contributed by atoms with Crippen LogP contribution in [0.3, 0.4) is 0 Å². The van der Waals surface area contributed by atoms with Gasteiger partial charge in [-0.05, 0) is 55.3 Å². The van der Waals surface area contributed by atoms with Gasteiger partial charge in [0.15, 0.2) is 0 Å². The van der Waals surface area contributed by atoms with Gasteiger partial charge in [0.25, 0.3) is 11.7 Å². The van der Waals surface area contributed by atoms with Crippen LogP contribution in [0, 0.1) is 0 Å². The van der Waals surface area contributed by atoms with E-state index in [1.165, 1.54) is 11.0 Å². The Morgan fingerprint density at radius 2 is 1.70 bits per heavy atom. The van der Waals surface area contributed by atoms with Gasteiger partial charge in [0.05, 0.1) is 17.8 Å². The molecule has 30 heavy (non-hydrogen) atoms. The molecule has 2 aromatic rings. The van der Waals surface area contributed by atoms with E-state index in [4.69, 9.17) is 0 Å². The molecular weight excluding hydrogens is 382 g/mol. The Balaban J connectivity index is 1.75. The molecule has 154 valence electrons. The summed E-state index contributed by atoms with van der Waals surface area (Å²) in [6, 6.07) is 12.0. The van der Waals surface area contributed by atoms with E-state index in [2.05, 4.69) is 10.6 Å². The molecule has 7 heteroatoms. The zero-order valence-corrected chi connectivity index (χ0v) is 16.9. The van der Waals surface area contributed by atoms with Crippen LogP contribution in [0.1, 0.15) is 42.6 Å². The first kappa shape index (κ1) is 21.0. The molecule has 2 aromatic carbocycles. The Hall–Kier alpha value is -3.74. The number of anilines is 3. The summed E-state index contributed by atoms with van der Waals surface area (Å²) in [6.45, 7) is 3.89. The summed E-state index contributed by atoms with van der Waals surface area (Å²) in [5.41, 5.74) is 2.75. The molecular formula is C23H23N3O4. The average molecular weight is 405 g/mol. The summed E-state index contributed by atoms with van der Waals surface area (Å²) >= 11 is 0. The molecule has 0 unspecified atom stereocenters. The van der Waals surface area contributed by atoms with E-state index < -0.39 is 11.7 Å². The number of allylic oxidation sites excluding steroid dienone is 1. The molecule has 0 atom stereocenters. The lowest BCUT2D eigenvalue weighted by Gasteiger charge is -2.17. The summed E-state index contributed by atoms with van der Waals surface area (Å²) in [5, 5.41) is 5.47. The summed E-state index contributed by atoms with van der Waals surface area (Å²) in [6.07, 6.45) is 4.19. The lowest BCUT2D eigenvalue weighted by molar-refractivity contribution is -0.116. The van der Waals surface area contributed by atoms with Crippen molar-refractivity contribution in [1.29, 1.82) is 0 Å². The van der Waals surface area contributed by atoms with Crippen molar-refractivity contribution in [3.05, 3.63) is 65.7 Å².